The molecule has 1 N–H and O–H groups in total. The van der Waals surface area contributed by atoms with Crippen LogP contribution >= 0.6 is 0 Å². The van der Waals surface area contributed by atoms with E-state index in [1.165, 1.54) is 32.1 Å². The van der Waals surface area contributed by atoms with E-state index in [0.29, 0.717) is 12.5 Å². The second-order valence-corrected chi connectivity index (χ2v) is 4.03. The van der Waals surface area contributed by atoms with Crippen LogP contribution in [-0.4, -0.2) is 13.7 Å². The van der Waals surface area contributed by atoms with E-state index in [0.717, 1.165) is 17.9 Å². The molecule has 0 amide bonds. The summed E-state index contributed by atoms with van der Waals surface area (Å²) >= 11 is 0. The topological polar surface area (TPSA) is 30.5 Å². The highest BCUT2D eigenvalue weighted by Crippen LogP contribution is 2.30. The van der Waals surface area contributed by atoms with Gasteiger partial charge >= 0.3 is 0 Å². The van der Waals surface area contributed by atoms with E-state index in [4.69, 9.17) is 9.57 Å². The molecule has 88 valence electrons. The third kappa shape index (κ3) is 3.18. The van der Waals surface area contributed by atoms with E-state index in [1.54, 1.807) is 6.07 Å². The average Bonchev–Trinajstić information content (AvgIpc) is 3.09. The molecule has 0 spiro atoms. The SMILES string of the molecule is CONCc1cc(F)ccc1OCC1CC1. The van der Waals surface area contributed by atoms with Crippen LogP contribution in [-0.2, 0) is 11.4 Å². The van der Waals surface area contributed by atoms with Gasteiger partial charge in [-0.25, -0.2) is 4.39 Å². The summed E-state index contributed by atoms with van der Waals surface area (Å²) in [4.78, 5) is 4.75. The fourth-order valence-corrected chi connectivity index (χ4v) is 1.47. The van der Waals surface area contributed by atoms with Crippen LogP contribution < -0.4 is 10.2 Å². The summed E-state index contributed by atoms with van der Waals surface area (Å²) in [6.45, 7) is 1.17. The number of hydrogen-bond donors (Lipinski definition) is 1. The average molecular weight is 225 g/mol. The normalized spacial score (nSPS) is 15.1. The monoisotopic (exact) mass is 225 g/mol. The highest BCUT2D eigenvalue weighted by molar-refractivity contribution is 5.33. The van der Waals surface area contributed by atoms with Crippen molar-refractivity contribution >= 4 is 0 Å². The molecule has 0 heterocycles. The fourth-order valence-electron chi connectivity index (χ4n) is 1.47. The van der Waals surface area contributed by atoms with Crippen molar-refractivity contribution in [1.82, 2.24) is 5.48 Å². The van der Waals surface area contributed by atoms with Gasteiger partial charge in [-0.05, 0) is 37.0 Å². The van der Waals surface area contributed by atoms with E-state index >= 15 is 0 Å². The number of nitrogens with one attached hydrogen (secondary N) is 1. The number of ether oxygens (including phenoxy) is 1. The Morgan fingerprint density at radius 3 is 2.94 bits per heavy atom. The first-order valence-electron chi connectivity index (χ1n) is 5.46. The Labute approximate surface area is 94.5 Å². The third-order valence-electron chi connectivity index (χ3n) is 2.60. The molecule has 0 atom stereocenters. The zero-order chi connectivity index (χ0) is 11.4. The zero-order valence-electron chi connectivity index (χ0n) is 9.33. The molecule has 16 heavy (non-hydrogen) atoms. The van der Waals surface area contributed by atoms with Gasteiger partial charge in [0.15, 0.2) is 0 Å². The van der Waals surface area contributed by atoms with Crippen LogP contribution in [0, 0.1) is 11.7 Å². The van der Waals surface area contributed by atoms with Gasteiger partial charge in [-0.1, -0.05) is 0 Å². The molecule has 3 nitrogen and oxygen atoms in total. The van der Waals surface area contributed by atoms with Crippen molar-refractivity contribution in [1.29, 1.82) is 0 Å². The van der Waals surface area contributed by atoms with Crippen molar-refractivity contribution < 1.29 is 14.0 Å². The molecular weight excluding hydrogens is 209 g/mol. The van der Waals surface area contributed by atoms with Gasteiger partial charge in [-0.15, -0.1) is 0 Å². The minimum atomic E-state index is -0.258. The molecule has 1 saturated carbocycles. The lowest BCUT2D eigenvalue weighted by Crippen LogP contribution is -2.12. The largest absolute Gasteiger partial charge is 0.493 e. The molecule has 1 aromatic carbocycles. The van der Waals surface area contributed by atoms with Crippen LogP contribution in [0.2, 0.25) is 0 Å². The fraction of sp³-hybridized carbons (Fsp3) is 0.500. The first-order chi connectivity index (χ1) is 7.79. The summed E-state index contributed by atoms with van der Waals surface area (Å²) in [6, 6.07) is 4.55. The van der Waals surface area contributed by atoms with Gasteiger partial charge in [0.2, 0.25) is 0 Å². The van der Waals surface area contributed by atoms with Gasteiger partial charge in [0.1, 0.15) is 11.6 Å². The second kappa shape index (κ2) is 5.27. The minimum Gasteiger partial charge on any atom is -0.493 e. The van der Waals surface area contributed by atoms with E-state index < -0.39 is 0 Å². The Bertz CT molecular complexity index is 353. The summed E-state index contributed by atoms with van der Waals surface area (Å²) in [7, 11) is 1.53. The molecule has 0 saturated heterocycles. The maximum absolute atomic E-state index is 13.1. The molecule has 0 unspecified atom stereocenters. The van der Waals surface area contributed by atoms with Crippen LogP contribution in [0.25, 0.3) is 0 Å². The number of hydrogen-bond acceptors (Lipinski definition) is 3. The number of rotatable bonds is 6. The molecule has 1 aliphatic carbocycles. The van der Waals surface area contributed by atoms with Gasteiger partial charge in [0.25, 0.3) is 0 Å². The van der Waals surface area contributed by atoms with Crippen LogP contribution in [0.15, 0.2) is 18.2 Å². The lowest BCUT2D eigenvalue weighted by atomic mass is 10.2. The Morgan fingerprint density at radius 2 is 2.25 bits per heavy atom. The highest BCUT2D eigenvalue weighted by Gasteiger charge is 2.22. The van der Waals surface area contributed by atoms with E-state index in [-0.39, 0.29) is 5.82 Å². The summed E-state index contributed by atoms with van der Waals surface area (Å²) in [6.07, 6.45) is 2.49. The first kappa shape index (κ1) is 11.4. The molecule has 2 rings (SSSR count). The van der Waals surface area contributed by atoms with Crippen molar-refractivity contribution in [3.05, 3.63) is 29.6 Å². The van der Waals surface area contributed by atoms with Crippen LogP contribution in [0.1, 0.15) is 18.4 Å². The quantitative estimate of drug-likeness (QED) is 0.753. The zero-order valence-corrected chi connectivity index (χ0v) is 9.33. The van der Waals surface area contributed by atoms with Crippen LogP contribution in [0.3, 0.4) is 0 Å². The Morgan fingerprint density at radius 1 is 1.44 bits per heavy atom. The lowest BCUT2D eigenvalue weighted by Gasteiger charge is -2.11. The summed E-state index contributed by atoms with van der Waals surface area (Å²) in [5, 5.41) is 0. The molecule has 1 aromatic rings. The van der Waals surface area contributed by atoms with Crippen molar-refractivity contribution in [2.45, 2.75) is 19.4 Å². The predicted octanol–water partition coefficient (Wildman–Crippen LogP) is 2.27. The predicted molar refractivity (Wildman–Crippen MR) is 58.5 cm³/mol. The molecule has 0 aromatic heterocycles. The third-order valence-corrected chi connectivity index (χ3v) is 2.60. The molecule has 0 bridgehead atoms. The summed E-state index contributed by atoms with van der Waals surface area (Å²) in [5.41, 5.74) is 3.47. The molecule has 1 fully saturated rings. The Kier molecular flexibility index (Phi) is 3.74. The van der Waals surface area contributed by atoms with Gasteiger partial charge in [-0.3, -0.25) is 0 Å². The second-order valence-electron chi connectivity index (χ2n) is 4.03. The number of benzene rings is 1. The van der Waals surface area contributed by atoms with Gasteiger partial charge in [0.05, 0.1) is 13.7 Å². The van der Waals surface area contributed by atoms with E-state index in [9.17, 15) is 4.39 Å². The van der Waals surface area contributed by atoms with Crippen molar-refractivity contribution in [2.24, 2.45) is 5.92 Å². The number of hydroxylamine groups is 1. The molecule has 4 heteroatoms. The maximum atomic E-state index is 13.1. The summed E-state index contributed by atoms with van der Waals surface area (Å²) < 4.78 is 18.7. The van der Waals surface area contributed by atoms with Gasteiger partial charge in [-0.2, -0.15) is 5.48 Å². The highest BCUT2D eigenvalue weighted by atomic mass is 19.1. The van der Waals surface area contributed by atoms with Crippen molar-refractivity contribution in [3.8, 4) is 5.75 Å². The van der Waals surface area contributed by atoms with Crippen molar-refractivity contribution in [2.75, 3.05) is 13.7 Å². The van der Waals surface area contributed by atoms with Crippen LogP contribution in [0.4, 0.5) is 4.39 Å². The Hall–Kier alpha value is -1.13. The molecule has 0 radical (unpaired) electrons. The van der Waals surface area contributed by atoms with E-state index in [2.05, 4.69) is 5.48 Å². The molecule has 0 aliphatic heterocycles. The standard InChI is InChI=1S/C12H16FNO2/c1-15-14-7-10-6-11(13)4-5-12(10)16-8-9-2-3-9/h4-6,9,14H,2-3,7-8H2,1H3. The minimum absolute atomic E-state index is 0.258. The van der Waals surface area contributed by atoms with Gasteiger partial charge in [0, 0.05) is 12.1 Å². The van der Waals surface area contributed by atoms with Crippen LogP contribution in [0.5, 0.6) is 5.75 Å². The maximum Gasteiger partial charge on any atom is 0.124 e. The molecule has 1 aliphatic rings. The van der Waals surface area contributed by atoms with Gasteiger partial charge < -0.3 is 9.57 Å². The number of halogens is 1. The van der Waals surface area contributed by atoms with Crippen molar-refractivity contribution in [3.63, 3.8) is 0 Å². The Balaban J connectivity index is 2.00. The van der Waals surface area contributed by atoms with E-state index in [1.807, 2.05) is 0 Å². The first-order valence-corrected chi connectivity index (χ1v) is 5.46. The smallest absolute Gasteiger partial charge is 0.124 e. The lowest BCUT2D eigenvalue weighted by molar-refractivity contribution is 0.0858. The summed E-state index contributed by atoms with van der Waals surface area (Å²) in [5.74, 6) is 1.16. The molecular formula is C12H16FNO2.